The van der Waals surface area contributed by atoms with Crippen molar-refractivity contribution in [3.63, 3.8) is 0 Å². The number of carbonyl (C=O) groups is 2. The lowest BCUT2D eigenvalue weighted by Crippen LogP contribution is -2.37. The molecule has 8 heteroatoms. The fraction of sp³-hybridized carbons (Fsp3) is 0.200. The van der Waals surface area contributed by atoms with E-state index in [0.29, 0.717) is 22.7 Å². The average Bonchev–Trinajstić information content (AvgIpc) is 3.37. The van der Waals surface area contributed by atoms with Crippen molar-refractivity contribution in [2.24, 2.45) is 7.05 Å². The number of hydrogen-bond acceptors (Lipinski definition) is 6. The van der Waals surface area contributed by atoms with Crippen LogP contribution >= 0.6 is 0 Å². The molecule has 4 aromatic rings. The van der Waals surface area contributed by atoms with Crippen LogP contribution in [0, 0.1) is 6.92 Å². The molecule has 1 unspecified atom stereocenters. The highest BCUT2D eigenvalue weighted by Crippen LogP contribution is 2.57. The van der Waals surface area contributed by atoms with Crippen LogP contribution in [0.5, 0.6) is 5.75 Å². The number of anilines is 1. The highest BCUT2D eigenvalue weighted by atomic mass is 16.8. The third kappa shape index (κ3) is 3.90. The fourth-order valence-corrected chi connectivity index (χ4v) is 5.02. The molecule has 38 heavy (non-hydrogen) atoms. The van der Waals surface area contributed by atoms with Gasteiger partial charge in [0.05, 0.1) is 16.6 Å². The van der Waals surface area contributed by atoms with Gasteiger partial charge in [-0.25, -0.2) is 9.59 Å². The van der Waals surface area contributed by atoms with Gasteiger partial charge in [0.15, 0.2) is 5.75 Å². The Morgan fingerprint density at radius 3 is 2.55 bits per heavy atom. The molecule has 2 heterocycles. The number of esters is 1. The van der Waals surface area contributed by atoms with Crippen LogP contribution in [0.15, 0.2) is 79.4 Å². The molecule has 1 aliphatic rings. The zero-order valence-electron chi connectivity index (χ0n) is 21.9. The second kappa shape index (κ2) is 9.72. The van der Waals surface area contributed by atoms with E-state index >= 15 is 0 Å². The summed E-state index contributed by atoms with van der Waals surface area (Å²) >= 11 is 0. The van der Waals surface area contributed by atoms with Gasteiger partial charge >= 0.3 is 11.9 Å². The first-order chi connectivity index (χ1) is 18.3. The van der Waals surface area contributed by atoms with Crippen LogP contribution in [0.1, 0.15) is 16.1 Å². The monoisotopic (exact) mass is 512 g/mol. The van der Waals surface area contributed by atoms with Crippen molar-refractivity contribution < 1.29 is 23.9 Å². The Bertz CT molecular complexity index is 1570. The van der Waals surface area contributed by atoms with Gasteiger partial charge in [-0.15, -0.1) is 0 Å². The number of quaternary nitrogens is 1. The molecule has 0 bridgehead atoms. The van der Waals surface area contributed by atoms with E-state index < -0.39 is 11.9 Å². The van der Waals surface area contributed by atoms with E-state index in [0.717, 1.165) is 34.0 Å². The van der Waals surface area contributed by atoms with Crippen LogP contribution in [0.4, 0.5) is 22.7 Å². The summed E-state index contributed by atoms with van der Waals surface area (Å²) in [5.41, 5.74) is 5.49. The number of nitrogens with zero attached hydrogens (tertiary/aromatic N) is 3. The zero-order valence-corrected chi connectivity index (χ0v) is 21.9. The van der Waals surface area contributed by atoms with Gasteiger partial charge in [0.1, 0.15) is 18.8 Å². The summed E-state index contributed by atoms with van der Waals surface area (Å²) < 4.78 is 13.2. The van der Waals surface area contributed by atoms with Crippen molar-refractivity contribution in [3.05, 3.63) is 90.6 Å². The van der Waals surface area contributed by atoms with Gasteiger partial charge in [-0.05, 0) is 35.8 Å². The highest BCUT2D eigenvalue weighted by Gasteiger charge is 2.55. The molecule has 0 aliphatic carbocycles. The van der Waals surface area contributed by atoms with E-state index in [4.69, 9.17) is 14.3 Å². The molecule has 0 spiro atoms. The zero-order chi connectivity index (χ0) is 27.0. The summed E-state index contributed by atoms with van der Waals surface area (Å²) in [6, 6.07) is 21.3. The molecule has 0 saturated heterocycles. The lowest BCUT2D eigenvalue weighted by atomic mass is 10.1. The van der Waals surface area contributed by atoms with E-state index in [-0.39, 0.29) is 17.9 Å². The topological polar surface area (TPSA) is 70.0 Å². The predicted octanol–water partition coefficient (Wildman–Crippen LogP) is 5.72. The largest absolute Gasteiger partial charge is 0.484 e. The molecular formula is C30H30N3O5+. The molecule has 0 saturated carbocycles. The first-order valence-corrected chi connectivity index (χ1v) is 12.3. The quantitative estimate of drug-likeness (QED) is 0.130. The van der Waals surface area contributed by atoms with Crippen molar-refractivity contribution in [2.75, 3.05) is 32.2 Å². The van der Waals surface area contributed by atoms with Crippen molar-refractivity contribution in [1.29, 1.82) is 0 Å². The Hall–Kier alpha value is -4.56. The van der Waals surface area contributed by atoms with Crippen molar-refractivity contribution in [1.82, 2.24) is 9.21 Å². The maximum atomic E-state index is 13.4. The Balaban J connectivity index is 1.77. The van der Waals surface area contributed by atoms with E-state index in [9.17, 15) is 9.59 Å². The maximum Gasteiger partial charge on any atom is 0.405 e. The summed E-state index contributed by atoms with van der Waals surface area (Å²) in [4.78, 5) is 33.3. The van der Waals surface area contributed by atoms with Crippen LogP contribution in [0.25, 0.3) is 10.9 Å². The van der Waals surface area contributed by atoms with E-state index in [1.165, 1.54) is 0 Å². The number of ether oxygens (including phenoxy) is 2. The van der Waals surface area contributed by atoms with E-state index in [1.54, 1.807) is 6.07 Å². The van der Waals surface area contributed by atoms with Crippen LogP contribution in [-0.2, 0) is 21.4 Å². The smallest absolute Gasteiger partial charge is 0.405 e. The number of aryl methyl sites for hydroxylation is 1. The summed E-state index contributed by atoms with van der Waals surface area (Å²) in [7, 11) is 5.88. The van der Waals surface area contributed by atoms with Crippen LogP contribution in [0.2, 0.25) is 0 Å². The van der Waals surface area contributed by atoms with Crippen molar-refractivity contribution in [2.45, 2.75) is 6.92 Å². The predicted molar refractivity (Wildman–Crippen MR) is 148 cm³/mol. The minimum Gasteiger partial charge on any atom is -0.484 e. The van der Waals surface area contributed by atoms with Crippen LogP contribution in [-0.4, -0.2) is 43.8 Å². The van der Waals surface area contributed by atoms with E-state index in [2.05, 4.69) is 11.1 Å². The van der Waals surface area contributed by atoms with Crippen LogP contribution < -0.4 is 14.3 Å². The minimum atomic E-state index is -0.520. The summed E-state index contributed by atoms with van der Waals surface area (Å²) in [6.07, 6.45) is 1.11. The SMILES string of the molecule is C=CC(=O)OCCOc1cc(N(C)C)ccc1[N+]1(c2c(C)n(C)c3ccccc23)OC(=O)c2ccccc21. The lowest BCUT2D eigenvalue weighted by Gasteiger charge is -2.30. The van der Waals surface area contributed by atoms with Crippen molar-refractivity contribution >= 4 is 45.6 Å². The number of hydrogen-bond donors (Lipinski definition) is 0. The first-order valence-electron chi connectivity index (χ1n) is 12.3. The minimum absolute atomic E-state index is 0.0418. The average molecular weight is 513 g/mol. The first kappa shape index (κ1) is 25.1. The molecule has 1 aromatic heterocycles. The summed E-state index contributed by atoms with van der Waals surface area (Å²) in [6.45, 7) is 5.60. The fourth-order valence-electron chi connectivity index (χ4n) is 5.02. The Kier molecular flexibility index (Phi) is 6.42. The van der Waals surface area contributed by atoms with Crippen molar-refractivity contribution in [3.8, 4) is 5.75 Å². The number of aromatic nitrogens is 1. The van der Waals surface area contributed by atoms with Gasteiger partial charge in [0.2, 0.25) is 17.1 Å². The lowest BCUT2D eigenvalue weighted by molar-refractivity contribution is -0.138. The molecular weight excluding hydrogens is 482 g/mol. The van der Waals surface area contributed by atoms with Crippen LogP contribution in [0.3, 0.4) is 0 Å². The van der Waals surface area contributed by atoms with Gasteiger partial charge in [0, 0.05) is 51.1 Å². The molecule has 5 rings (SSSR count). The molecule has 1 atom stereocenters. The molecule has 1 aliphatic heterocycles. The highest BCUT2D eigenvalue weighted by molar-refractivity contribution is 6.06. The molecule has 0 fully saturated rings. The van der Waals surface area contributed by atoms with Gasteiger partial charge in [-0.2, -0.15) is 0 Å². The summed E-state index contributed by atoms with van der Waals surface area (Å²) in [5, 5.41) is 0.958. The van der Waals surface area contributed by atoms with Gasteiger partial charge < -0.3 is 18.9 Å². The Morgan fingerprint density at radius 2 is 1.79 bits per heavy atom. The van der Waals surface area contributed by atoms with Gasteiger partial charge in [0.25, 0.3) is 0 Å². The van der Waals surface area contributed by atoms with Gasteiger partial charge in [-0.1, -0.05) is 30.8 Å². The summed E-state index contributed by atoms with van der Waals surface area (Å²) in [5.74, 6) is -0.439. The Morgan fingerprint density at radius 1 is 1.05 bits per heavy atom. The standard InChI is InChI=1S/C30H30N3O5/c1-6-28(34)37-18-17-36-27-19-21(31(3)4)15-16-26(27)33(25-14-10-8-12-23(25)30(35)38-33)29-20(2)32(5)24-13-9-7-11-22(24)29/h6-16,19H,1,17-18H2,2-5H3/q+1. The normalized spacial score (nSPS) is 16.2. The third-order valence-electron chi connectivity index (χ3n) is 6.92. The number of carbonyl (C=O) groups excluding carboxylic acids is 2. The molecule has 0 N–H and O–H groups in total. The number of fused-ring (bicyclic) bond motifs is 2. The number of para-hydroxylation sites is 2. The molecule has 3 aromatic carbocycles. The Labute approximate surface area is 221 Å². The second-order valence-electron chi connectivity index (χ2n) is 9.28. The maximum absolute atomic E-state index is 13.4. The molecule has 194 valence electrons. The van der Waals surface area contributed by atoms with E-state index in [1.807, 2.05) is 93.6 Å². The second-order valence-corrected chi connectivity index (χ2v) is 9.28. The number of benzene rings is 3. The third-order valence-corrected chi connectivity index (χ3v) is 6.92. The molecule has 0 amide bonds. The molecule has 8 nitrogen and oxygen atoms in total. The number of rotatable bonds is 8. The van der Waals surface area contributed by atoms with Gasteiger partial charge in [-0.3, -0.25) is 4.84 Å². The molecule has 0 radical (unpaired) electrons.